The van der Waals surface area contributed by atoms with Gasteiger partial charge in [0.1, 0.15) is 5.75 Å². The van der Waals surface area contributed by atoms with Crippen molar-refractivity contribution >= 4 is 11.3 Å². The Hall–Kier alpha value is -2.50. The number of methoxy groups -OCH3 is 1. The summed E-state index contributed by atoms with van der Waals surface area (Å²) in [6, 6.07) is 20.3. The molecule has 0 spiro atoms. The molecule has 0 aliphatic heterocycles. The van der Waals surface area contributed by atoms with E-state index in [4.69, 9.17) is 4.74 Å². The molecule has 0 N–H and O–H groups in total. The Morgan fingerprint density at radius 2 is 1.67 bits per heavy atom. The normalized spacial score (nSPS) is 9.76. The third kappa shape index (κ3) is 3.16. The minimum Gasteiger partial charge on any atom is -0.497 e. The lowest BCUT2D eigenvalue weighted by Crippen LogP contribution is -1.86. The van der Waals surface area contributed by atoms with Crippen LogP contribution in [0.15, 0.2) is 66.0 Å². The molecule has 0 saturated carbocycles. The molecule has 2 heteroatoms. The highest BCUT2D eigenvalue weighted by molar-refractivity contribution is 7.10. The minimum atomic E-state index is 0.862. The number of ether oxygens (including phenoxy) is 1. The number of hydrogen-bond donors (Lipinski definition) is 0. The zero-order valence-corrected chi connectivity index (χ0v) is 12.5. The number of hydrogen-bond acceptors (Lipinski definition) is 2. The van der Waals surface area contributed by atoms with Crippen molar-refractivity contribution in [1.82, 2.24) is 0 Å². The molecule has 102 valence electrons. The maximum absolute atomic E-state index is 5.21. The van der Waals surface area contributed by atoms with E-state index >= 15 is 0 Å². The molecule has 21 heavy (non-hydrogen) atoms. The smallest absolute Gasteiger partial charge is 0.118 e. The van der Waals surface area contributed by atoms with Crippen molar-refractivity contribution in [1.29, 1.82) is 0 Å². The molecule has 1 aromatic heterocycles. The molecule has 2 aromatic carbocycles. The fourth-order valence-electron chi connectivity index (χ4n) is 2.09. The van der Waals surface area contributed by atoms with Crippen molar-refractivity contribution in [3.8, 4) is 28.7 Å². The lowest BCUT2D eigenvalue weighted by molar-refractivity contribution is 0.415. The second kappa shape index (κ2) is 6.30. The number of benzene rings is 2. The summed E-state index contributed by atoms with van der Waals surface area (Å²) in [5.74, 6) is 7.35. The minimum absolute atomic E-state index is 0.862. The molecular weight excluding hydrogens is 276 g/mol. The summed E-state index contributed by atoms with van der Waals surface area (Å²) >= 11 is 1.66. The highest BCUT2D eigenvalue weighted by atomic mass is 32.1. The van der Waals surface area contributed by atoms with E-state index < -0.39 is 0 Å². The highest BCUT2D eigenvalue weighted by Gasteiger charge is 2.02. The lowest BCUT2D eigenvalue weighted by Gasteiger charge is -2.06. The van der Waals surface area contributed by atoms with Crippen molar-refractivity contribution < 1.29 is 4.74 Å². The van der Waals surface area contributed by atoms with Crippen LogP contribution < -0.4 is 4.74 Å². The predicted octanol–water partition coefficient (Wildman–Crippen LogP) is 4.82. The lowest BCUT2D eigenvalue weighted by atomic mass is 10.00. The number of thiophene rings is 1. The van der Waals surface area contributed by atoms with Crippen LogP contribution in [0.25, 0.3) is 11.1 Å². The molecule has 0 amide bonds. The molecule has 0 fully saturated rings. The van der Waals surface area contributed by atoms with Crippen LogP contribution >= 0.6 is 11.3 Å². The molecule has 0 aliphatic rings. The summed E-state index contributed by atoms with van der Waals surface area (Å²) in [6.07, 6.45) is 0. The molecule has 0 saturated heterocycles. The second-order valence-electron chi connectivity index (χ2n) is 4.50. The molecule has 1 heterocycles. The van der Waals surface area contributed by atoms with Gasteiger partial charge in [0.15, 0.2) is 0 Å². The second-order valence-corrected chi connectivity index (χ2v) is 5.45. The standard InChI is InChI=1S/C19H14OS/c1-20-17-11-8-16(9-12-17)19-7-3-2-5-15(19)10-13-18-6-4-14-21-18/h2-9,11-12,14H,1H3. The zero-order chi connectivity index (χ0) is 14.5. The van der Waals surface area contributed by atoms with Crippen molar-refractivity contribution in [2.45, 2.75) is 0 Å². The fraction of sp³-hybridized carbons (Fsp3) is 0.0526. The fourth-order valence-corrected chi connectivity index (χ4v) is 2.66. The Kier molecular flexibility index (Phi) is 4.04. The first-order chi connectivity index (χ1) is 10.4. The Morgan fingerprint density at radius 3 is 2.38 bits per heavy atom. The van der Waals surface area contributed by atoms with Gasteiger partial charge in [-0.15, -0.1) is 11.3 Å². The van der Waals surface area contributed by atoms with Gasteiger partial charge in [0, 0.05) is 5.56 Å². The quantitative estimate of drug-likeness (QED) is 0.615. The van der Waals surface area contributed by atoms with Crippen LogP contribution in [0.4, 0.5) is 0 Å². The van der Waals surface area contributed by atoms with E-state index in [0.29, 0.717) is 0 Å². The van der Waals surface area contributed by atoms with E-state index in [1.165, 1.54) is 0 Å². The van der Waals surface area contributed by atoms with E-state index in [2.05, 4.69) is 36.1 Å². The number of rotatable bonds is 2. The maximum atomic E-state index is 5.21. The summed E-state index contributed by atoms with van der Waals surface area (Å²) in [5, 5.41) is 2.04. The summed E-state index contributed by atoms with van der Waals surface area (Å²) in [6.45, 7) is 0. The molecule has 3 aromatic rings. The summed E-state index contributed by atoms with van der Waals surface area (Å²) in [4.78, 5) is 1.08. The van der Waals surface area contributed by atoms with Crippen molar-refractivity contribution in [2.75, 3.05) is 7.11 Å². The van der Waals surface area contributed by atoms with E-state index in [1.54, 1.807) is 18.4 Å². The van der Waals surface area contributed by atoms with Crippen LogP contribution in [0.2, 0.25) is 0 Å². The first-order valence-corrected chi connectivity index (χ1v) is 7.54. The van der Waals surface area contributed by atoms with E-state index in [0.717, 1.165) is 27.3 Å². The van der Waals surface area contributed by atoms with Crippen molar-refractivity contribution in [3.05, 3.63) is 76.5 Å². The van der Waals surface area contributed by atoms with Gasteiger partial charge >= 0.3 is 0 Å². The molecule has 3 rings (SSSR count). The Labute approximate surface area is 128 Å². The third-order valence-corrected chi connectivity index (χ3v) is 3.95. The summed E-state index contributed by atoms with van der Waals surface area (Å²) in [7, 11) is 1.68. The van der Waals surface area contributed by atoms with Gasteiger partial charge in [0.25, 0.3) is 0 Å². The molecule has 0 unspecified atom stereocenters. The molecular formula is C19H14OS. The van der Waals surface area contributed by atoms with Crippen LogP contribution in [-0.2, 0) is 0 Å². The molecule has 0 radical (unpaired) electrons. The van der Waals surface area contributed by atoms with Gasteiger partial charge in [-0.1, -0.05) is 48.2 Å². The Bertz CT molecular complexity index is 774. The average molecular weight is 290 g/mol. The summed E-state index contributed by atoms with van der Waals surface area (Å²) < 4.78 is 5.21. The molecule has 0 aliphatic carbocycles. The monoisotopic (exact) mass is 290 g/mol. The van der Waals surface area contributed by atoms with Crippen LogP contribution in [0, 0.1) is 11.8 Å². The average Bonchev–Trinajstić information content (AvgIpc) is 3.07. The topological polar surface area (TPSA) is 9.23 Å². The zero-order valence-electron chi connectivity index (χ0n) is 11.7. The van der Waals surface area contributed by atoms with Crippen molar-refractivity contribution in [3.63, 3.8) is 0 Å². The van der Waals surface area contributed by atoms with Crippen LogP contribution in [0.3, 0.4) is 0 Å². The first kappa shape index (κ1) is 13.5. The van der Waals surface area contributed by atoms with Gasteiger partial charge in [-0.3, -0.25) is 0 Å². The Morgan fingerprint density at radius 1 is 0.857 bits per heavy atom. The van der Waals surface area contributed by atoms with Gasteiger partial charge in [0.2, 0.25) is 0 Å². The predicted molar refractivity (Wildman–Crippen MR) is 88.7 cm³/mol. The Balaban J connectivity index is 1.99. The molecule has 0 atom stereocenters. The van der Waals surface area contributed by atoms with E-state index in [-0.39, 0.29) is 0 Å². The largest absolute Gasteiger partial charge is 0.497 e. The van der Waals surface area contributed by atoms with Crippen molar-refractivity contribution in [2.24, 2.45) is 0 Å². The van der Waals surface area contributed by atoms with E-state index in [1.807, 2.05) is 41.8 Å². The van der Waals surface area contributed by atoms with E-state index in [9.17, 15) is 0 Å². The first-order valence-electron chi connectivity index (χ1n) is 6.66. The third-order valence-electron chi connectivity index (χ3n) is 3.17. The molecule has 0 bridgehead atoms. The van der Waals surface area contributed by atoms with Gasteiger partial charge < -0.3 is 4.74 Å². The van der Waals surface area contributed by atoms with Gasteiger partial charge in [-0.05, 0) is 40.8 Å². The van der Waals surface area contributed by atoms with Crippen LogP contribution in [-0.4, -0.2) is 7.11 Å². The maximum Gasteiger partial charge on any atom is 0.118 e. The van der Waals surface area contributed by atoms with Gasteiger partial charge in [0.05, 0.1) is 12.0 Å². The van der Waals surface area contributed by atoms with Crippen LogP contribution in [0.5, 0.6) is 5.75 Å². The van der Waals surface area contributed by atoms with Gasteiger partial charge in [-0.2, -0.15) is 0 Å². The van der Waals surface area contributed by atoms with Crippen LogP contribution in [0.1, 0.15) is 10.4 Å². The highest BCUT2D eigenvalue weighted by Crippen LogP contribution is 2.25. The van der Waals surface area contributed by atoms with Gasteiger partial charge in [-0.25, -0.2) is 0 Å². The summed E-state index contributed by atoms with van der Waals surface area (Å²) in [5.41, 5.74) is 3.33. The SMILES string of the molecule is COc1ccc(-c2ccccc2C#Cc2cccs2)cc1. The molecule has 1 nitrogen and oxygen atoms in total.